The van der Waals surface area contributed by atoms with Crippen molar-refractivity contribution in [2.45, 2.75) is 65.2 Å². The lowest BCUT2D eigenvalue weighted by Gasteiger charge is -2.54. The molecule has 0 saturated heterocycles. The summed E-state index contributed by atoms with van der Waals surface area (Å²) in [7, 11) is 0. The van der Waals surface area contributed by atoms with E-state index in [0.717, 1.165) is 18.3 Å². The van der Waals surface area contributed by atoms with Crippen molar-refractivity contribution in [3.63, 3.8) is 0 Å². The molecule has 4 rings (SSSR count). The normalized spacial score (nSPS) is 47.0. The number of fused-ring (bicyclic) bond motifs is 5. The van der Waals surface area contributed by atoms with Gasteiger partial charge in [-0.15, -0.1) is 0 Å². The Bertz CT molecular complexity index is 526. The highest BCUT2D eigenvalue weighted by atomic mass is 16.1. The molecule has 0 aromatic heterocycles. The van der Waals surface area contributed by atoms with E-state index >= 15 is 0 Å². The molecule has 0 spiro atoms. The van der Waals surface area contributed by atoms with Gasteiger partial charge in [-0.1, -0.05) is 32.8 Å². The molecule has 0 aliphatic heterocycles. The molecule has 2 saturated carbocycles. The number of hydrogen-bond donors (Lipinski definition) is 0. The average Bonchev–Trinajstić information content (AvgIpc) is 2.72. The number of carbonyl (C=O) groups excluding carboxylic acids is 1. The molecular weight excluding hydrogens is 244 g/mol. The van der Waals surface area contributed by atoms with E-state index in [1.807, 2.05) is 6.08 Å². The van der Waals surface area contributed by atoms with E-state index in [9.17, 15) is 4.79 Å². The molecule has 1 unspecified atom stereocenters. The second-order valence-electron chi connectivity index (χ2n) is 8.20. The summed E-state index contributed by atoms with van der Waals surface area (Å²) in [5.41, 5.74) is 3.67. The predicted octanol–water partition coefficient (Wildman–Crippen LogP) is 4.83. The zero-order valence-corrected chi connectivity index (χ0v) is 12.9. The highest BCUT2D eigenvalue weighted by Gasteiger charge is 2.52. The van der Waals surface area contributed by atoms with Gasteiger partial charge in [-0.05, 0) is 66.6 Å². The summed E-state index contributed by atoms with van der Waals surface area (Å²) in [5.74, 6) is 1.99. The van der Waals surface area contributed by atoms with Crippen LogP contribution in [0.3, 0.4) is 0 Å². The van der Waals surface area contributed by atoms with Crippen molar-refractivity contribution in [2.75, 3.05) is 0 Å². The lowest BCUT2D eigenvalue weighted by molar-refractivity contribution is -0.115. The van der Waals surface area contributed by atoms with Crippen molar-refractivity contribution in [1.82, 2.24) is 0 Å². The molecule has 1 nitrogen and oxygen atoms in total. The topological polar surface area (TPSA) is 17.1 Å². The molecule has 108 valence electrons. The summed E-state index contributed by atoms with van der Waals surface area (Å²) < 4.78 is 0. The van der Waals surface area contributed by atoms with Crippen molar-refractivity contribution in [3.05, 3.63) is 23.3 Å². The third-order valence-electron chi connectivity index (χ3n) is 7.06. The number of hydrogen-bond acceptors (Lipinski definition) is 1. The molecule has 4 aliphatic rings. The monoisotopic (exact) mass is 270 g/mol. The third kappa shape index (κ3) is 1.58. The quantitative estimate of drug-likeness (QED) is 0.616. The second-order valence-corrected chi connectivity index (χ2v) is 8.20. The maximum atomic E-state index is 11.9. The van der Waals surface area contributed by atoms with Gasteiger partial charge in [0.25, 0.3) is 0 Å². The molecule has 0 amide bonds. The Kier molecular flexibility index (Phi) is 2.63. The van der Waals surface area contributed by atoms with Crippen molar-refractivity contribution >= 4 is 5.78 Å². The highest BCUT2D eigenvalue weighted by Crippen LogP contribution is 2.62. The largest absolute Gasteiger partial charge is 0.295 e. The van der Waals surface area contributed by atoms with Gasteiger partial charge in [0.15, 0.2) is 5.78 Å². The smallest absolute Gasteiger partial charge is 0.156 e. The predicted molar refractivity (Wildman–Crippen MR) is 81.3 cm³/mol. The van der Waals surface area contributed by atoms with E-state index in [2.05, 4.69) is 19.9 Å². The molecule has 4 atom stereocenters. The zero-order valence-electron chi connectivity index (χ0n) is 12.9. The van der Waals surface area contributed by atoms with Gasteiger partial charge in [-0.25, -0.2) is 0 Å². The summed E-state index contributed by atoms with van der Waals surface area (Å²) in [6.45, 7) is 4.87. The number of carbonyl (C=O) groups is 1. The minimum atomic E-state index is 0.164. The Hall–Kier alpha value is -0.850. The fourth-order valence-electron chi connectivity index (χ4n) is 5.81. The highest BCUT2D eigenvalue weighted by molar-refractivity contribution is 5.95. The van der Waals surface area contributed by atoms with Crippen molar-refractivity contribution < 1.29 is 4.79 Å². The van der Waals surface area contributed by atoms with E-state index in [-0.39, 0.29) is 5.41 Å². The third-order valence-corrected chi connectivity index (χ3v) is 7.06. The van der Waals surface area contributed by atoms with Gasteiger partial charge < -0.3 is 0 Å². The minimum absolute atomic E-state index is 0.164. The van der Waals surface area contributed by atoms with Crippen LogP contribution in [0.15, 0.2) is 23.3 Å². The zero-order chi connectivity index (χ0) is 14.0. The Balaban J connectivity index is 1.77. The van der Waals surface area contributed by atoms with Crippen LogP contribution >= 0.6 is 0 Å². The van der Waals surface area contributed by atoms with Crippen LogP contribution in [0.1, 0.15) is 65.2 Å². The number of ketones is 1. The number of allylic oxidation sites excluding steroid dienone is 4. The SMILES string of the molecule is C[C@]12CC[C@H]3C(=CCC4CCCC[C@@]43C)C1=CC(=O)C2. The van der Waals surface area contributed by atoms with Crippen molar-refractivity contribution in [2.24, 2.45) is 22.7 Å². The second kappa shape index (κ2) is 4.08. The molecule has 0 aromatic carbocycles. The maximum Gasteiger partial charge on any atom is 0.156 e. The molecule has 0 heterocycles. The number of rotatable bonds is 0. The van der Waals surface area contributed by atoms with E-state index in [4.69, 9.17) is 0 Å². The summed E-state index contributed by atoms with van der Waals surface area (Å²) in [5, 5.41) is 0. The molecule has 0 radical (unpaired) electrons. The van der Waals surface area contributed by atoms with Crippen LogP contribution in [-0.4, -0.2) is 5.78 Å². The van der Waals surface area contributed by atoms with Crippen molar-refractivity contribution in [3.8, 4) is 0 Å². The fraction of sp³-hybridized carbons (Fsp3) is 0.737. The van der Waals surface area contributed by atoms with Crippen LogP contribution in [0.4, 0.5) is 0 Å². The van der Waals surface area contributed by atoms with Crippen molar-refractivity contribution in [1.29, 1.82) is 0 Å². The first-order valence-electron chi connectivity index (χ1n) is 8.48. The van der Waals surface area contributed by atoms with Crippen LogP contribution in [0.25, 0.3) is 0 Å². The lowest BCUT2D eigenvalue weighted by Crippen LogP contribution is -2.44. The van der Waals surface area contributed by atoms with Gasteiger partial charge in [-0.3, -0.25) is 4.79 Å². The Morgan fingerprint density at radius 1 is 1.15 bits per heavy atom. The average molecular weight is 270 g/mol. The van der Waals surface area contributed by atoms with E-state index in [1.54, 1.807) is 5.57 Å². The Morgan fingerprint density at radius 3 is 2.85 bits per heavy atom. The van der Waals surface area contributed by atoms with Crippen LogP contribution in [-0.2, 0) is 4.79 Å². The molecule has 0 bridgehead atoms. The maximum absolute atomic E-state index is 11.9. The van der Waals surface area contributed by atoms with Gasteiger partial charge in [-0.2, -0.15) is 0 Å². The van der Waals surface area contributed by atoms with Crippen LogP contribution < -0.4 is 0 Å². The molecule has 0 N–H and O–H groups in total. The molecular formula is C19H26O. The fourth-order valence-corrected chi connectivity index (χ4v) is 5.81. The van der Waals surface area contributed by atoms with Gasteiger partial charge in [0.2, 0.25) is 0 Å². The van der Waals surface area contributed by atoms with Crippen LogP contribution in [0.5, 0.6) is 0 Å². The molecule has 1 heteroatoms. The Morgan fingerprint density at radius 2 is 2.00 bits per heavy atom. The minimum Gasteiger partial charge on any atom is -0.295 e. The van der Waals surface area contributed by atoms with Crippen LogP contribution in [0.2, 0.25) is 0 Å². The first kappa shape index (κ1) is 12.9. The molecule has 2 fully saturated rings. The lowest BCUT2D eigenvalue weighted by atomic mass is 9.50. The van der Waals surface area contributed by atoms with E-state index in [1.165, 1.54) is 50.5 Å². The Labute approximate surface area is 122 Å². The first-order chi connectivity index (χ1) is 9.53. The van der Waals surface area contributed by atoms with E-state index < -0.39 is 0 Å². The molecule has 0 aromatic rings. The summed E-state index contributed by atoms with van der Waals surface area (Å²) >= 11 is 0. The first-order valence-corrected chi connectivity index (χ1v) is 8.48. The van der Waals surface area contributed by atoms with Crippen LogP contribution in [0, 0.1) is 22.7 Å². The van der Waals surface area contributed by atoms with Gasteiger partial charge in [0.05, 0.1) is 0 Å². The molecule has 4 aliphatic carbocycles. The standard InChI is InChI=1S/C19H26O/c1-18-10-8-16-15(17(18)11-14(20)12-18)7-6-13-5-3-4-9-19(13,16)2/h7,11,13,16H,3-6,8-10,12H2,1-2H3/t13?,16-,18+,19-/m0/s1. The summed E-state index contributed by atoms with van der Waals surface area (Å²) in [4.78, 5) is 11.9. The van der Waals surface area contributed by atoms with Gasteiger partial charge >= 0.3 is 0 Å². The van der Waals surface area contributed by atoms with Gasteiger partial charge in [0, 0.05) is 11.8 Å². The summed E-state index contributed by atoms with van der Waals surface area (Å²) in [6, 6.07) is 0. The summed E-state index contributed by atoms with van der Waals surface area (Å²) in [6.07, 6.45) is 14.7. The van der Waals surface area contributed by atoms with Gasteiger partial charge in [0.1, 0.15) is 0 Å². The van der Waals surface area contributed by atoms with E-state index in [0.29, 0.717) is 11.2 Å². The molecule has 20 heavy (non-hydrogen) atoms.